The smallest absolute Gasteiger partial charge is 0.349 e. The van der Waals surface area contributed by atoms with Crippen LogP contribution in [0.5, 0.6) is 5.75 Å². The highest BCUT2D eigenvalue weighted by Crippen LogP contribution is 2.40. The quantitative estimate of drug-likeness (QED) is 0.209. The van der Waals surface area contributed by atoms with Crippen LogP contribution in [0.1, 0.15) is 75.1 Å². The molecular weight excluding hydrogens is 540 g/mol. The number of carbonyl (C=O) groups is 1. The van der Waals surface area contributed by atoms with Gasteiger partial charge in [0.2, 0.25) is 5.89 Å². The van der Waals surface area contributed by atoms with Gasteiger partial charge in [-0.15, -0.1) is 0 Å². The van der Waals surface area contributed by atoms with Crippen LogP contribution in [0.25, 0.3) is 11.5 Å². The summed E-state index contributed by atoms with van der Waals surface area (Å²) in [6.07, 6.45) is 3.32. The molecular formula is C35H44N4O4. The minimum Gasteiger partial charge on any atom is -0.476 e. The number of aromatic nitrogens is 1. The fraction of sp³-hybridized carbons (Fsp3) is 0.486. The number of fused-ring (bicyclic) bond motifs is 1. The van der Waals surface area contributed by atoms with E-state index in [4.69, 9.17) is 24.0 Å². The molecule has 1 aliphatic carbocycles. The van der Waals surface area contributed by atoms with Gasteiger partial charge < -0.3 is 13.9 Å². The summed E-state index contributed by atoms with van der Waals surface area (Å²) in [6.45, 7) is 15.8. The van der Waals surface area contributed by atoms with E-state index in [1.54, 1.807) is 20.8 Å². The zero-order chi connectivity index (χ0) is 30.7. The second-order valence-electron chi connectivity index (χ2n) is 12.3. The first-order chi connectivity index (χ1) is 20.6. The molecule has 1 aliphatic heterocycles. The van der Waals surface area contributed by atoms with Gasteiger partial charge in [0.25, 0.3) is 0 Å². The topological polar surface area (TPSA) is 89.5 Å². The molecule has 0 spiro atoms. The lowest BCUT2D eigenvalue weighted by Crippen LogP contribution is -2.44. The number of aryl methyl sites for hydroxylation is 3. The van der Waals surface area contributed by atoms with Gasteiger partial charge in [-0.05, 0) is 89.6 Å². The molecule has 2 atom stereocenters. The third-order valence-corrected chi connectivity index (χ3v) is 8.52. The number of nitrogens with zero attached hydrogens (tertiary/aromatic N) is 4. The van der Waals surface area contributed by atoms with Crippen molar-refractivity contribution in [2.45, 2.75) is 86.4 Å². The van der Waals surface area contributed by atoms with Crippen LogP contribution in [-0.2, 0) is 22.6 Å². The van der Waals surface area contributed by atoms with Crippen LogP contribution in [0.15, 0.2) is 57.1 Å². The summed E-state index contributed by atoms with van der Waals surface area (Å²) in [5.74, 6) is 2.79. The molecule has 5 rings (SSSR count). The van der Waals surface area contributed by atoms with Crippen LogP contribution in [0.4, 0.5) is 0 Å². The van der Waals surface area contributed by atoms with E-state index in [-0.39, 0.29) is 5.97 Å². The monoisotopic (exact) mass is 584 g/mol. The molecule has 8 heteroatoms. The fourth-order valence-corrected chi connectivity index (χ4v) is 6.10. The van der Waals surface area contributed by atoms with Crippen molar-refractivity contribution >= 4 is 17.4 Å². The number of hydrogen-bond donors (Lipinski definition) is 0. The molecule has 2 aromatic carbocycles. The maximum atomic E-state index is 12.5. The van der Waals surface area contributed by atoms with Crippen LogP contribution >= 0.6 is 0 Å². The van der Waals surface area contributed by atoms with Crippen molar-refractivity contribution in [2.24, 2.45) is 22.0 Å². The van der Waals surface area contributed by atoms with Gasteiger partial charge in [-0.2, -0.15) is 10.2 Å². The van der Waals surface area contributed by atoms with Crippen molar-refractivity contribution in [3.8, 4) is 17.2 Å². The Labute approximate surface area is 255 Å². The lowest BCUT2D eigenvalue weighted by molar-refractivity contribution is -0.158. The van der Waals surface area contributed by atoms with Crippen molar-refractivity contribution in [3.05, 3.63) is 70.6 Å². The van der Waals surface area contributed by atoms with Gasteiger partial charge in [0.05, 0.1) is 18.0 Å². The number of carbonyl (C=O) groups excluding carboxylic acids is 1. The van der Waals surface area contributed by atoms with E-state index in [0.717, 1.165) is 52.3 Å². The molecule has 2 heterocycles. The number of rotatable bonds is 12. The van der Waals surface area contributed by atoms with Gasteiger partial charge in [-0.1, -0.05) is 37.3 Å². The Hall–Kier alpha value is -3.78. The molecule has 8 nitrogen and oxygen atoms in total. The Kier molecular flexibility index (Phi) is 9.16. The third-order valence-electron chi connectivity index (χ3n) is 8.52. The summed E-state index contributed by atoms with van der Waals surface area (Å²) in [5.41, 5.74) is 6.29. The zero-order valence-corrected chi connectivity index (χ0v) is 26.6. The number of ether oxygens (including phenoxy) is 2. The molecule has 0 N–H and O–H groups in total. The lowest BCUT2D eigenvalue weighted by atomic mass is 9.67. The first-order valence-electron chi connectivity index (χ1n) is 15.4. The maximum Gasteiger partial charge on any atom is 0.349 e. The fourth-order valence-electron chi connectivity index (χ4n) is 6.10. The molecule has 228 valence electrons. The number of hydrogen-bond acceptors (Lipinski definition) is 8. The molecule has 0 amide bonds. The highest BCUT2D eigenvalue weighted by Gasteiger charge is 2.40. The van der Waals surface area contributed by atoms with E-state index in [0.29, 0.717) is 49.7 Å². The van der Waals surface area contributed by atoms with Crippen molar-refractivity contribution in [1.29, 1.82) is 0 Å². The van der Waals surface area contributed by atoms with Gasteiger partial charge >= 0.3 is 5.97 Å². The van der Waals surface area contributed by atoms with Crippen molar-refractivity contribution < 1.29 is 18.7 Å². The summed E-state index contributed by atoms with van der Waals surface area (Å²) in [6, 6.07) is 14.3. The average Bonchev–Trinajstić information content (AvgIpc) is 3.32. The van der Waals surface area contributed by atoms with E-state index < -0.39 is 5.60 Å². The second kappa shape index (κ2) is 12.8. The van der Waals surface area contributed by atoms with Crippen molar-refractivity contribution in [3.63, 3.8) is 0 Å². The number of oxazole rings is 1. The van der Waals surface area contributed by atoms with Crippen LogP contribution in [0.3, 0.4) is 0 Å². The molecule has 0 saturated heterocycles. The summed E-state index contributed by atoms with van der Waals surface area (Å²) in [5, 5.41) is 9.37. The van der Waals surface area contributed by atoms with Gasteiger partial charge in [0.15, 0.2) is 5.60 Å². The van der Waals surface area contributed by atoms with Gasteiger partial charge in [-0.3, -0.25) is 4.90 Å². The normalized spacial score (nSPS) is 18.0. The highest BCUT2D eigenvalue weighted by atomic mass is 16.6. The van der Waals surface area contributed by atoms with E-state index in [9.17, 15) is 4.79 Å². The van der Waals surface area contributed by atoms with Crippen LogP contribution < -0.4 is 4.74 Å². The summed E-state index contributed by atoms with van der Waals surface area (Å²) < 4.78 is 17.6. The van der Waals surface area contributed by atoms with Gasteiger partial charge in [0, 0.05) is 42.7 Å². The van der Waals surface area contributed by atoms with E-state index in [2.05, 4.69) is 29.1 Å². The van der Waals surface area contributed by atoms with Crippen molar-refractivity contribution in [2.75, 3.05) is 13.2 Å². The Morgan fingerprint density at radius 1 is 0.953 bits per heavy atom. The Bertz CT molecular complexity index is 1500. The standard InChI is InChI=1S/C35H44N4O4/c1-8-29-27-15-16-28(27)31(38-37-29)21-39(20-30-24(5)42-33(36-30)26-13-11-10-12-14-26)19-25-17-22(3)32(23(4)18-25)43-35(6,7)34(40)41-9-2/h10-14,17-18,27-28H,8-9,15-16,19-21H2,1-7H3. The summed E-state index contributed by atoms with van der Waals surface area (Å²) in [7, 11) is 0. The summed E-state index contributed by atoms with van der Waals surface area (Å²) >= 11 is 0. The first kappa shape index (κ1) is 30.7. The molecule has 1 saturated carbocycles. The van der Waals surface area contributed by atoms with E-state index in [1.807, 2.05) is 51.1 Å². The minimum absolute atomic E-state index is 0.314. The first-order valence-corrected chi connectivity index (χ1v) is 15.4. The molecule has 1 fully saturated rings. The minimum atomic E-state index is -1.09. The maximum absolute atomic E-state index is 12.5. The summed E-state index contributed by atoms with van der Waals surface area (Å²) in [4.78, 5) is 19.8. The Balaban J connectivity index is 1.41. The van der Waals surface area contributed by atoms with Crippen LogP contribution in [0, 0.1) is 32.6 Å². The third kappa shape index (κ3) is 6.74. The zero-order valence-electron chi connectivity index (χ0n) is 26.6. The number of benzene rings is 2. The molecule has 0 radical (unpaired) electrons. The SMILES string of the molecule is CCOC(=O)C(C)(C)Oc1c(C)cc(CN(CC2=NN=C(CC)C3CCC23)Cc2nc(-c3ccccc3)oc2C)cc1C. The van der Waals surface area contributed by atoms with Gasteiger partial charge in [-0.25, -0.2) is 9.78 Å². The lowest BCUT2D eigenvalue weighted by Gasteiger charge is -2.41. The molecule has 43 heavy (non-hydrogen) atoms. The predicted molar refractivity (Wildman–Crippen MR) is 169 cm³/mol. The molecule has 2 unspecified atom stereocenters. The molecule has 0 bridgehead atoms. The largest absolute Gasteiger partial charge is 0.476 e. The average molecular weight is 585 g/mol. The predicted octanol–water partition coefficient (Wildman–Crippen LogP) is 7.24. The second-order valence-corrected chi connectivity index (χ2v) is 12.3. The number of esters is 1. The molecule has 1 aromatic heterocycles. The van der Waals surface area contributed by atoms with Crippen LogP contribution in [0.2, 0.25) is 0 Å². The van der Waals surface area contributed by atoms with Gasteiger partial charge in [0.1, 0.15) is 11.5 Å². The molecule has 3 aromatic rings. The highest BCUT2D eigenvalue weighted by molar-refractivity contribution is 6.00. The molecule has 2 aliphatic rings. The van der Waals surface area contributed by atoms with Crippen LogP contribution in [-0.4, -0.2) is 46.0 Å². The Morgan fingerprint density at radius 2 is 1.60 bits per heavy atom. The van der Waals surface area contributed by atoms with E-state index in [1.165, 1.54) is 12.1 Å². The Morgan fingerprint density at radius 3 is 2.23 bits per heavy atom. The van der Waals surface area contributed by atoms with E-state index >= 15 is 0 Å². The van der Waals surface area contributed by atoms with Crippen molar-refractivity contribution in [1.82, 2.24) is 9.88 Å².